The molecule has 1 saturated carbocycles. The molecule has 2 atom stereocenters. The van der Waals surface area contributed by atoms with Crippen molar-refractivity contribution in [1.82, 2.24) is 4.90 Å². The Hall–Kier alpha value is -0.770. The molecule has 0 spiro atoms. The van der Waals surface area contributed by atoms with Crippen LogP contribution in [-0.4, -0.2) is 41.4 Å². The lowest BCUT2D eigenvalue weighted by molar-refractivity contribution is -0.0302. The van der Waals surface area contributed by atoms with Crippen molar-refractivity contribution in [3.8, 4) is 0 Å². The van der Waals surface area contributed by atoms with E-state index in [1.165, 1.54) is 6.42 Å². The standard InChI is InChI=1S/C11H19NO3/c1-9-3-2-4-11(14,7-9)8-12-5-6-15-10(12)13/h9,14H,2-8H2,1H3. The van der Waals surface area contributed by atoms with Gasteiger partial charge in [0.25, 0.3) is 0 Å². The zero-order valence-corrected chi connectivity index (χ0v) is 9.24. The summed E-state index contributed by atoms with van der Waals surface area (Å²) in [6.07, 6.45) is 3.58. The summed E-state index contributed by atoms with van der Waals surface area (Å²) in [5.74, 6) is 0.558. The van der Waals surface area contributed by atoms with E-state index in [0.717, 1.165) is 19.3 Å². The highest BCUT2D eigenvalue weighted by molar-refractivity contribution is 5.69. The van der Waals surface area contributed by atoms with Crippen LogP contribution in [0.1, 0.15) is 32.6 Å². The summed E-state index contributed by atoms with van der Waals surface area (Å²) in [7, 11) is 0. The van der Waals surface area contributed by atoms with Gasteiger partial charge in [-0.1, -0.05) is 19.8 Å². The normalized spacial score (nSPS) is 36.8. The molecule has 0 bridgehead atoms. The molecule has 0 radical (unpaired) electrons. The molecule has 2 rings (SSSR count). The molecule has 4 heteroatoms. The third-order valence-corrected chi connectivity index (χ3v) is 3.40. The smallest absolute Gasteiger partial charge is 0.410 e. The molecule has 1 amide bonds. The number of β-amino-alcohol motifs (C(OH)–C–C–N with tert-alkyl or cyclic N) is 1. The fraction of sp³-hybridized carbons (Fsp3) is 0.909. The maximum atomic E-state index is 11.3. The summed E-state index contributed by atoms with van der Waals surface area (Å²) in [6, 6.07) is 0. The first kappa shape index (κ1) is 10.7. The van der Waals surface area contributed by atoms with Gasteiger partial charge in [-0.3, -0.25) is 0 Å². The summed E-state index contributed by atoms with van der Waals surface area (Å²) < 4.78 is 4.85. The maximum Gasteiger partial charge on any atom is 0.410 e. The first-order chi connectivity index (χ1) is 7.09. The molecule has 1 aliphatic carbocycles. The second-order valence-corrected chi connectivity index (χ2v) is 4.96. The predicted octanol–water partition coefficient (Wildman–Crippen LogP) is 1.38. The molecule has 2 fully saturated rings. The van der Waals surface area contributed by atoms with Crippen molar-refractivity contribution in [1.29, 1.82) is 0 Å². The highest BCUT2D eigenvalue weighted by Gasteiger charge is 2.37. The van der Waals surface area contributed by atoms with E-state index < -0.39 is 5.60 Å². The summed E-state index contributed by atoms with van der Waals surface area (Å²) in [6.45, 7) is 3.68. The Kier molecular flexibility index (Phi) is 2.87. The van der Waals surface area contributed by atoms with Gasteiger partial charge in [0.05, 0.1) is 18.7 Å². The minimum Gasteiger partial charge on any atom is -0.448 e. The van der Waals surface area contributed by atoms with Gasteiger partial charge < -0.3 is 14.7 Å². The number of hydrogen-bond donors (Lipinski definition) is 1. The second-order valence-electron chi connectivity index (χ2n) is 4.96. The third-order valence-electron chi connectivity index (χ3n) is 3.40. The minimum absolute atomic E-state index is 0.276. The number of nitrogens with zero attached hydrogens (tertiary/aromatic N) is 1. The second kappa shape index (κ2) is 4.00. The summed E-state index contributed by atoms with van der Waals surface area (Å²) >= 11 is 0. The summed E-state index contributed by atoms with van der Waals surface area (Å²) in [5.41, 5.74) is -0.680. The fourth-order valence-corrected chi connectivity index (χ4v) is 2.70. The van der Waals surface area contributed by atoms with Crippen molar-refractivity contribution in [2.45, 2.75) is 38.2 Å². The molecule has 0 aromatic heterocycles. The van der Waals surface area contributed by atoms with Crippen LogP contribution < -0.4 is 0 Å². The highest BCUT2D eigenvalue weighted by Crippen LogP contribution is 2.33. The Morgan fingerprint density at radius 3 is 3.07 bits per heavy atom. The third kappa shape index (κ3) is 2.43. The molecule has 0 aromatic carbocycles. The van der Waals surface area contributed by atoms with Crippen molar-refractivity contribution in [3.05, 3.63) is 0 Å². The van der Waals surface area contributed by atoms with Crippen LogP contribution in [0.25, 0.3) is 0 Å². The van der Waals surface area contributed by atoms with Gasteiger partial charge in [0.2, 0.25) is 0 Å². The van der Waals surface area contributed by atoms with Crippen LogP contribution >= 0.6 is 0 Å². The Morgan fingerprint density at radius 2 is 2.47 bits per heavy atom. The minimum atomic E-state index is -0.680. The van der Waals surface area contributed by atoms with Crippen LogP contribution in [0, 0.1) is 5.92 Å². The van der Waals surface area contributed by atoms with E-state index in [1.807, 2.05) is 0 Å². The fourth-order valence-electron chi connectivity index (χ4n) is 2.70. The SMILES string of the molecule is CC1CCCC(O)(CN2CCOC2=O)C1. The van der Waals surface area contributed by atoms with E-state index in [-0.39, 0.29) is 6.09 Å². The number of cyclic esters (lactones) is 1. The topological polar surface area (TPSA) is 49.8 Å². The first-order valence-corrected chi connectivity index (χ1v) is 5.73. The Labute approximate surface area is 90.2 Å². The van der Waals surface area contributed by atoms with E-state index in [2.05, 4.69) is 6.92 Å². The molecule has 1 N–H and O–H groups in total. The van der Waals surface area contributed by atoms with Crippen molar-refractivity contribution >= 4 is 6.09 Å². The summed E-state index contributed by atoms with van der Waals surface area (Å²) in [5, 5.41) is 10.4. The number of amides is 1. The molecular formula is C11H19NO3. The monoisotopic (exact) mass is 213 g/mol. The number of carbonyl (C=O) groups excluding carboxylic acids is 1. The van der Waals surface area contributed by atoms with Crippen LogP contribution in [-0.2, 0) is 4.74 Å². The maximum absolute atomic E-state index is 11.3. The molecule has 2 aliphatic rings. The average Bonchev–Trinajstić information content (AvgIpc) is 2.50. The van der Waals surface area contributed by atoms with Gasteiger partial charge in [-0.05, 0) is 18.8 Å². The molecule has 86 valence electrons. The Bertz CT molecular complexity index is 256. The lowest BCUT2D eigenvalue weighted by Crippen LogP contribution is -2.46. The van der Waals surface area contributed by atoms with E-state index in [9.17, 15) is 9.90 Å². The lowest BCUT2D eigenvalue weighted by atomic mass is 9.78. The quantitative estimate of drug-likeness (QED) is 0.754. The van der Waals surface area contributed by atoms with Gasteiger partial charge in [0, 0.05) is 0 Å². The van der Waals surface area contributed by atoms with Gasteiger partial charge in [-0.15, -0.1) is 0 Å². The van der Waals surface area contributed by atoms with Crippen molar-refractivity contribution in [2.75, 3.05) is 19.7 Å². The van der Waals surface area contributed by atoms with Crippen molar-refractivity contribution in [2.24, 2.45) is 5.92 Å². The van der Waals surface area contributed by atoms with E-state index in [1.54, 1.807) is 4.90 Å². The van der Waals surface area contributed by atoms with Crippen LogP contribution in [0.2, 0.25) is 0 Å². The van der Waals surface area contributed by atoms with E-state index in [0.29, 0.717) is 25.6 Å². The number of aliphatic hydroxyl groups is 1. The lowest BCUT2D eigenvalue weighted by Gasteiger charge is -2.37. The predicted molar refractivity (Wildman–Crippen MR) is 55.5 cm³/mol. The molecule has 2 unspecified atom stereocenters. The van der Waals surface area contributed by atoms with Gasteiger partial charge in [0.15, 0.2) is 0 Å². The largest absolute Gasteiger partial charge is 0.448 e. The van der Waals surface area contributed by atoms with E-state index >= 15 is 0 Å². The van der Waals surface area contributed by atoms with Crippen molar-refractivity contribution in [3.63, 3.8) is 0 Å². The summed E-state index contributed by atoms with van der Waals surface area (Å²) in [4.78, 5) is 12.9. The molecule has 1 heterocycles. The van der Waals surface area contributed by atoms with Gasteiger partial charge in [-0.25, -0.2) is 4.79 Å². The molecule has 1 aliphatic heterocycles. The van der Waals surface area contributed by atoms with Crippen LogP contribution in [0.15, 0.2) is 0 Å². The number of rotatable bonds is 2. The van der Waals surface area contributed by atoms with Crippen LogP contribution in [0.4, 0.5) is 4.79 Å². The van der Waals surface area contributed by atoms with Crippen LogP contribution in [0.5, 0.6) is 0 Å². The molecule has 0 aromatic rings. The average molecular weight is 213 g/mol. The number of ether oxygens (including phenoxy) is 1. The van der Waals surface area contributed by atoms with Gasteiger partial charge in [0.1, 0.15) is 6.61 Å². The molecular weight excluding hydrogens is 194 g/mol. The molecule has 4 nitrogen and oxygen atoms in total. The molecule has 1 saturated heterocycles. The van der Waals surface area contributed by atoms with Gasteiger partial charge >= 0.3 is 6.09 Å². The Balaban J connectivity index is 1.94. The number of hydrogen-bond acceptors (Lipinski definition) is 3. The van der Waals surface area contributed by atoms with E-state index in [4.69, 9.17) is 4.74 Å². The first-order valence-electron chi connectivity index (χ1n) is 5.73. The van der Waals surface area contributed by atoms with Crippen LogP contribution in [0.3, 0.4) is 0 Å². The Morgan fingerprint density at radius 1 is 1.67 bits per heavy atom. The van der Waals surface area contributed by atoms with Gasteiger partial charge in [-0.2, -0.15) is 0 Å². The zero-order valence-electron chi connectivity index (χ0n) is 9.24. The highest BCUT2D eigenvalue weighted by atomic mass is 16.6. The number of carbonyl (C=O) groups is 1. The molecule has 15 heavy (non-hydrogen) atoms. The van der Waals surface area contributed by atoms with Crippen molar-refractivity contribution < 1.29 is 14.6 Å². The zero-order chi connectivity index (χ0) is 10.9.